The van der Waals surface area contributed by atoms with Gasteiger partial charge in [-0.3, -0.25) is 4.90 Å². The number of nitrogens with zero attached hydrogens (tertiary/aromatic N) is 2. The van der Waals surface area contributed by atoms with Crippen LogP contribution in [0.4, 0.5) is 0 Å². The molecule has 1 fully saturated rings. The Morgan fingerprint density at radius 3 is 2.81 bits per heavy atom. The van der Waals surface area contributed by atoms with Crippen molar-refractivity contribution >= 4 is 41.3 Å². The lowest BCUT2D eigenvalue weighted by molar-refractivity contribution is -0.149. The van der Waals surface area contributed by atoms with Crippen molar-refractivity contribution < 1.29 is 14.3 Å². The maximum atomic E-state index is 12.9. The summed E-state index contributed by atoms with van der Waals surface area (Å²) in [6.07, 6.45) is 4.89. The van der Waals surface area contributed by atoms with Crippen LogP contribution in [0, 0.1) is 0 Å². The van der Waals surface area contributed by atoms with E-state index < -0.39 is 6.04 Å². The summed E-state index contributed by atoms with van der Waals surface area (Å²) in [5, 5.41) is 0.669. The fourth-order valence-electron chi connectivity index (χ4n) is 2.88. The molecule has 138 valence electrons. The maximum Gasteiger partial charge on any atom is 0.342 e. The number of morpholine rings is 1. The summed E-state index contributed by atoms with van der Waals surface area (Å²) in [4.78, 5) is 15.9. The number of ether oxygens (including phenoxy) is 2. The molecule has 7 heteroatoms. The van der Waals surface area contributed by atoms with Gasteiger partial charge in [-0.1, -0.05) is 29.3 Å². The first-order chi connectivity index (χ1) is 12.7. The zero-order valence-corrected chi connectivity index (χ0v) is 16.3. The van der Waals surface area contributed by atoms with Gasteiger partial charge in [0, 0.05) is 30.2 Å². The van der Waals surface area contributed by atoms with Gasteiger partial charge in [-0.25, -0.2) is 4.79 Å². The van der Waals surface area contributed by atoms with E-state index >= 15 is 0 Å². The van der Waals surface area contributed by atoms with Gasteiger partial charge < -0.3 is 9.47 Å². The normalized spacial score (nSPS) is 18.7. The molecule has 1 saturated heterocycles. The van der Waals surface area contributed by atoms with Crippen molar-refractivity contribution in [3.63, 3.8) is 0 Å². The summed E-state index contributed by atoms with van der Waals surface area (Å²) in [7, 11) is 0. The number of carbonyl (C=O) groups excluding carboxylic acids is 1. The van der Waals surface area contributed by atoms with Gasteiger partial charge in [-0.05, 0) is 18.6 Å². The van der Waals surface area contributed by atoms with Crippen LogP contribution in [0.1, 0.15) is 25.3 Å². The molecule has 0 aromatic heterocycles. The third-order valence-electron chi connectivity index (χ3n) is 4.31. The first kappa shape index (κ1) is 19.3. The van der Waals surface area contributed by atoms with E-state index in [1.165, 1.54) is 11.9 Å². The third-order valence-corrected chi connectivity index (χ3v) is 5.36. The molecule has 3 rings (SSSR count). The minimum Gasteiger partial charge on any atom is -0.463 e. The van der Waals surface area contributed by atoms with Crippen LogP contribution in [-0.4, -0.2) is 56.0 Å². The monoisotopic (exact) mass is 393 g/mol. The molecule has 1 aromatic carbocycles. The second-order valence-electron chi connectivity index (χ2n) is 6.11. The lowest BCUT2D eigenvalue weighted by atomic mass is 10.0. The average Bonchev–Trinajstić information content (AvgIpc) is 3.13. The van der Waals surface area contributed by atoms with E-state index in [0.29, 0.717) is 37.9 Å². The Morgan fingerprint density at radius 1 is 1.38 bits per heavy atom. The van der Waals surface area contributed by atoms with Crippen molar-refractivity contribution in [3.8, 4) is 0 Å². The smallest absolute Gasteiger partial charge is 0.342 e. The highest BCUT2D eigenvalue weighted by Crippen LogP contribution is 2.37. The molecule has 0 aliphatic carbocycles. The number of allylic oxidation sites excluding steroid dienone is 1. The van der Waals surface area contributed by atoms with E-state index in [1.54, 1.807) is 0 Å². The van der Waals surface area contributed by atoms with Crippen LogP contribution in [-0.2, 0) is 14.3 Å². The molecule has 1 aromatic rings. The third kappa shape index (κ3) is 4.64. The molecule has 0 saturated carbocycles. The molecule has 0 spiro atoms. The van der Waals surface area contributed by atoms with E-state index in [2.05, 4.69) is 22.4 Å². The number of halogens is 1. The first-order valence-corrected chi connectivity index (χ1v) is 9.97. The Hall–Kier alpha value is -1.43. The van der Waals surface area contributed by atoms with Gasteiger partial charge in [0.05, 0.1) is 25.4 Å². The molecule has 26 heavy (non-hydrogen) atoms. The number of hydrogen-bond donors (Lipinski definition) is 0. The molecular weight excluding hydrogens is 372 g/mol. The fraction of sp³-hybridized carbons (Fsp3) is 0.474. The van der Waals surface area contributed by atoms with Crippen LogP contribution < -0.4 is 0 Å². The summed E-state index contributed by atoms with van der Waals surface area (Å²) in [6.45, 7) is 5.10. The van der Waals surface area contributed by atoms with Crippen LogP contribution >= 0.6 is 23.5 Å². The number of carbonyl (C=O) groups is 1. The minimum absolute atomic E-state index is 0.229. The molecule has 0 amide bonds. The fourth-order valence-corrected chi connectivity index (χ4v) is 3.84. The number of esters is 1. The Morgan fingerprint density at radius 2 is 2.12 bits per heavy atom. The zero-order valence-electron chi connectivity index (χ0n) is 14.7. The predicted molar refractivity (Wildman–Crippen MR) is 105 cm³/mol. The van der Waals surface area contributed by atoms with Crippen molar-refractivity contribution in [1.29, 1.82) is 0 Å². The van der Waals surface area contributed by atoms with Gasteiger partial charge in [-0.15, -0.1) is 0 Å². The van der Waals surface area contributed by atoms with Crippen molar-refractivity contribution in [2.45, 2.75) is 25.8 Å². The highest BCUT2D eigenvalue weighted by Gasteiger charge is 2.42. The van der Waals surface area contributed by atoms with Crippen LogP contribution in [0.15, 0.2) is 33.6 Å². The zero-order chi connectivity index (χ0) is 18.4. The highest BCUT2D eigenvalue weighted by atomic mass is 35.5. The topological polar surface area (TPSA) is 51.1 Å². The average molecular weight is 394 g/mol. The standard InChI is InChI=1S/C19H22ClN2O3S/c1-2-3-10-25-19(23)17(22-8-11-24-12-9-22)18-16(13-21-26-18)14-4-6-15(20)7-5-14/h4-7,17H,2-3,8-12H2,1H3/q+1. The van der Waals surface area contributed by atoms with E-state index in [1.807, 2.05) is 24.3 Å². The van der Waals surface area contributed by atoms with Crippen molar-refractivity contribution in [2.24, 2.45) is 4.40 Å². The lowest BCUT2D eigenvalue weighted by Crippen LogP contribution is -2.48. The number of benzene rings is 1. The largest absolute Gasteiger partial charge is 0.463 e. The second kappa shape index (κ2) is 9.49. The van der Waals surface area contributed by atoms with E-state index in [4.69, 9.17) is 21.1 Å². The lowest BCUT2D eigenvalue weighted by Gasteiger charge is -2.31. The number of hydrogen-bond acceptors (Lipinski definition) is 6. The molecule has 2 aliphatic heterocycles. The van der Waals surface area contributed by atoms with Gasteiger partial charge in [0.1, 0.15) is 11.9 Å². The van der Waals surface area contributed by atoms with E-state index in [0.717, 1.165) is 28.9 Å². The Bertz CT molecular complexity index is 685. The van der Waals surface area contributed by atoms with Gasteiger partial charge in [0.15, 0.2) is 17.2 Å². The molecule has 0 radical (unpaired) electrons. The van der Waals surface area contributed by atoms with E-state index in [-0.39, 0.29) is 5.97 Å². The number of rotatable bonds is 7. The van der Waals surface area contributed by atoms with Crippen LogP contribution in [0.2, 0.25) is 5.02 Å². The van der Waals surface area contributed by atoms with Crippen LogP contribution in [0.5, 0.6) is 0 Å². The first-order valence-electron chi connectivity index (χ1n) is 8.82. The molecule has 1 atom stereocenters. The van der Waals surface area contributed by atoms with Crippen LogP contribution in [0.3, 0.4) is 0 Å². The molecule has 5 nitrogen and oxygen atoms in total. The Labute approximate surface area is 163 Å². The SMILES string of the molecule is CCCCOC(=O)C(C1=C(c2ccc(Cl)cc2)[C+]=NS1)N1CCOCC1. The van der Waals surface area contributed by atoms with Crippen molar-refractivity contribution in [3.05, 3.63) is 39.8 Å². The summed E-state index contributed by atoms with van der Waals surface area (Å²) in [6, 6.07) is 7.02. The molecular formula is C19H22ClN2O3S+. The van der Waals surface area contributed by atoms with Crippen molar-refractivity contribution in [2.75, 3.05) is 32.9 Å². The van der Waals surface area contributed by atoms with E-state index in [9.17, 15) is 4.79 Å². The molecule has 2 aliphatic rings. The molecule has 2 heterocycles. The van der Waals surface area contributed by atoms with Gasteiger partial charge in [-0.2, -0.15) is 0 Å². The predicted octanol–water partition coefficient (Wildman–Crippen LogP) is 3.70. The van der Waals surface area contributed by atoms with Gasteiger partial charge >= 0.3 is 5.97 Å². The maximum absolute atomic E-state index is 12.9. The highest BCUT2D eigenvalue weighted by molar-refractivity contribution is 8.02. The van der Waals surface area contributed by atoms with Crippen molar-refractivity contribution in [1.82, 2.24) is 4.90 Å². The number of unbranched alkanes of at least 4 members (excludes halogenated alkanes) is 1. The Balaban J connectivity index is 1.89. The summed E-state index contributed by atoms with van der Waals surface area (Å²) >= 11 is 7.30. The minimum atomic E-state index is -0.481. The Kier molecular flexibility index (Phi) is 7.06. The molecule has 1 unspecified atom stereocenters. The molecule has 0 bridgehead atoms. The summed E-state index contributed by atoms with van der Waals surface area (Å²) in [5.41, 5.74) is 1.77. The summed E-state index contributed by atoms with van der Waals surface area (Å²) in [5.74, 6) is -0.229. The summed E-state index contributed by atoms with van der Waals surface area (Å²) < 4.78 is 15.2. The van der Waals surface area contributed by atoms with Gasteiger partial charge in [0.2, 0.25) is 5.57 Å². The van der Waals surface area contributed by atoms with Crippen LogP contribution in [0.25, 0.3) is 5.57 Å². The molecule has 0 N–H and O–H groups in total. The quantitative estimate of drug-likeness (QED) is 0.306. The van der Waals surface area contributed by atoms with Gasteiger partial charge in [0.25, 0.3) is 0 Å². The second-order valence-corrected chi connectivity index (χ2v) is 7.35.